The summed E-state index contributed by atoms with van der Waals surface area (Å²) in [6.07, 6.45) is -0.607. The summed E-state index contributed by atoms with van der Waals surface area (Å²) in [6.45, 7) is 4.72. The molecule has 2 atom stereocenters. The molecule has 2 aliphatic heterocycles. The number of aliphatic carboxylic acids is 2. The molecule has 11 heteroatoms. The molecule has 0 bridgehead atoms. The number of allylic oxidation sites excluding steroid dienone is 1. The van der Waals surface area contributed by atoms with E-state index in [1.807, 2.05) is 43.3 Å². The van der Waals surface area contributed by atoms with Crippen LogP contribution < -0.4 is 15.2 Å². The predicted molar refractivity (Wildman–Crippen MR) is 162 cm³/mol. The quantitative estimate of drug-likeness (QED) is 0.206. The van der Waals surface area contributed by atoms with Crippen LogP contribution in [0.2, 0.25) is 0 Å². The summed E-state index contributed by atoms with van der Waals surface area (Å²) in [5.41, 5.74) is 9.56. The van der Waals surface area contributed by atoms with Gasteiger partial charge in [0.2, 0.25) is 0 Å². The minimum Gasteiger partial charge on any atom is -0.508 e. The zero-order valence-corrected chi connectivity index (χ0v) is 24.4. The van der Waals surface area contributed by atoms with Crippen molar-refractivity contribution in [2.45, 2.75) is 31.9 Å². The molecule has 6 N–H and O–H groups in total. The number of rotatable bonds is 11. The maximum atomic E-state index is 12.6. The first-order valence-electron chi connectivity index (χ1n) is 14.3. The number of carbonyl (C=O) groups is 2. The molecule has 3 aromatic carbocycles. The van der Waals surface area contributed by atoms with Gasteiger partial charge in [-0.3, -0.25) is 18.9 Å². The molecule has 3 aromatic rings. The molecular weight excluding hydrogens is 571 g/mol. The molecule has 2 heterocycles. The molecule has 1 fully saturated rings. The maximum absolute atomic E-state index is 12.6. The third kappa shape index (κ3) is 8.27. The zero-order valence-electron chi connectivity index (χ0n) is 24.4. The summed E-state index contributed by atoms with van der Waals surface area (Å²) in [7, 11) is 0. The Morgan fingerprint density at radius 2 is 1.75 bits per heavy atom. The number of aromatic hydroxyl groups is 2. The number of nitrogens with zero attached hydrogens (tertiary/aromatic N) is 1. The first-order valence-corrected chi connectivity index (χ1v) is 14.3. The van der Waals surface area contributed by atoms with Crippen molar-refractivity contribution in [2.75, 3.05) is 32.9 Å². The van der Waals surface area contributed by atoms with Gasteiger partial charge >= 0.3 is 11.9 Å². The molecule has 1 saturated heterocycles. The highest BCUT2D eigenvalue weighted by atomic mass is 19.1. The van der Waals surface area contributed by atoms with Gasteiger partial charge < -0.3 is 35.6 Å². The fourth-order valence-electron chi connectivity index (χ4n) is 5.11. The summed E-state index contributed by atoms with van der Waals surface area (Å²) in [4.78, 5) is 22.1. The summed E-state index contributed by atoms with van der Waals surface area (Å²) in [5.74, 6) is -0.186. The average Bonchev–Trinajstić information content (AvgIpc) is 2.98. The van der Waals surface area contributed by atoms with Crippen LogP contribution in [0.4, 0.5) is 4.39 Å². The standard InChI is InChI=1S/C28H28FNO4.C5H9NO4/c1-18-25-14-23(32)7-10-26(25)34-28(27(18)21-3-2-4-22(31)13-21)20-5-8-24(9-6-20)33-12-11-30-16-19(15-29)17-30;6-3(5(9)10)1-2-4(7)8/h2-10,13-14,19,28,31-32H,11-12,15-17H2,1H3;3H,1-2,6H2,(H,7,8)(H,9,10)/t28-;/m1./s1. The Hall–Kier alpha value is -4.61. The molecule has 0 saturated carbocycles. The number of fused-ring (bicyclic) bond motifs is 1. The molecule has 0 spiro atoms. The van der Waals surface area contributed by atoms with Crippen LogP contribution in [-0.2, 0) is 9.59 Å². The number of likely N-dealkylation sites (tertiary alicyclic amines) is 1. The molecule has 1 unspecified atom stereocenters. The van der Waals surface area contributed by atoms with Gasteiger partial charge in [-0.2, -0.15) is 0 Å². The fraction of sp³-hybridized carbons (Fsp3) is 0.333. The summed E-state index contributed by atoms with van der Waals surface area (Å²) in [5, 5.41) is 36.4. The number of phenolic OH excluding ortho intramolecular Hbond substituents is 2. The summed E-state index contributed by atoms with van der Waals surface area (Å²) >= 11 is 0. The zero-order chi connectivity index (χ0) is 31.8. The monoisotopic (exact) mass is 608 g/mol. The number of ether oxygens (including phenoxy) is 2. The number of carboxylic acids is 2. The predicted octanol–water partition coefficient (Wildman–Crippen LogP) is 4.71. The lowest BCUT2D eigenvalue weighted by molar-refractivity contribution is -0.139. The Kier molecular flexibility index (Phi) is 10.8. The van der Waals surface area contributed by atoms with E-state index in [-0.39, 0.29) is 43.0 Å². The van der Waals surface area contributed by atoms with E-state index in [0.717, 1.165) is 53.2 Å². The van der Waals surface area contributed by atoms with E-state index >= 15 is 0 Å². The number of carboxylic acid groups (broad SMARTS) is 2. The van der Waals surface area contributed by atoms with Gasteiger partial charge in [0.1, 0.15) is 41.8 Å². The van der Waals surface area contributed by atoms with Crippen molar-refractivity contribution in [1.82, 2.24) is 4.90 Å². The second-order valence-corrected chi connectivity index (χ2v) is 10.8. The molecule has 5 rings (SSSR count). The molecule has 0 amide bonds. The van der Waals surface area contributed by atoms with Gasteiger partial charge in [0.25, 0.3) is 0 Å². The topological polar surface area (TPSA) is 163 Å². The molecule has 10 nitrogen and oxygen atoms in total. The normalized spacial score (nSPS) is 16.9. The summed E-state index contributed by atoms with van der Waals surface area (Å²) < 4.78 is 24.9. The number of nitrogens with two attached hydrogens (primary N) is 1. The van der Waals surface area contributed by atoms with Crippen molar-refractivity contribution in [2.24, 2.45) is 11.7 Å². The Morgan fingerprint density at radius 3 is 2.39 bits per heavy atom. The van der Waals surface area contributed by atoms with Crippen LogP contribution in [-0.4, -0.2) is 76.2 Å². The minimum absolute atomic E-state index is 0.0231. The fourth-order valence-corrected chi connectivity index (χ4v) is 5.11. The van der Waals surface area contributed by atoms with E-state index in [2.05, 4.69) is 4.90 Å². The van der Waals surface area contributed by atoms with Crippen molar-refractivity contribution < 1.29 is 43.9 Å². The van der Waals surface area contributed by atoms with Crippen molar-refractivity contribution in [1.29, 1.82) is 0 Å². The van der Waals surface area contributed by atoms with Crippen molar-refractivity contribution in [3.05, 3.63) is 83.4 Å². The Bertz CT molecular complexity index is 1490. The van der Waals surface area contributed by atoms with E-state index < -0.39 is 18.0 Å². The lowest BCUT2D eigenvalue weighted by atomic mass is 9.86. The molecule has 0 aromatic heterocycles. The van der Waals surface area contributed by atoms with Crippen molar-refractivity contribution >= 4 is 23.1 Å². The Labute approximate surface area is 254 Å². The first-order chi connectivity index (χ1) is 21.0. The van der Waals surface area contributed by atoms with Crippen LogP contribution in [0.3, 0.4) is 0 Å². The van der Waals surface area contributed by atoms with Gasteiger partial charge in [0, 0.05) is 43.1 Å². The van der Waals surface area contributed by atoms with E-state index in [1.165, 1.54) is 0 Å². The summed E-state index contributed by atoms with van der Waals surface area (Å²) in [6, 6.07) is 19.0. The van der Waals surface area contributed by atoms with E-state index in [1.54, 1.807) is 30.3 Å². The molecule has 0 aliphatic carbocycles. The van der Waals surface area contributed by atoms with Gasteiger partial charge in [0.05, 0.1) is 6.67 Å². The van der Waals surface area contributed by atoms with Gasteiger partial charge in [0.15, 0.2) is 0 Å². The van der Waals surface area contributed by atoms with Crippen LogP contribution in [0.1, 0.15) is 42.6 Å². The second-order valence-electron chi connectivity index (χ2n) is 10.8. The maximum Gasteiger partial charge on any atom is 0.320 e. The minimum atomic E-state index is -1.17. The van der Waals surface area contributed by atoms with Crippen LogP contribution in [0.25, 0.3) is 11.1 Å². The molecule has 234 valence electrons. The molecular formula is C33H37FN2O8. The smallest absolute Gasteiger partial charge is 0.320 e. The number of halogens is 1. The lowest BCUT2D eigenvalue weighted by Gasteiger charge is -2.37. The van der Waals surface area contributed by atoms with Crippen molar-refractivity contribution in [3.8, 4) is 23.0 Å². The molecule has 44 heavy (non-hydrogen) atoms. The van der Waals surface area contributed by atoms with Crippen LogP contribution in [0.5, 0.6) is 23.0 Å². The largest absolute Gasteiger partial charge is 0.508 e. The number of benzene rings is 3. The second kappa shape index (κ2) is 14.7. The van der Waals surface area contributed by atoms with Gasteiger partial charge in [-0.25, -0.2) is 0 Å². The van der Waals surface area contributed by atoms with E-state index in [4.69, 9.17) is 25.4 Å². The Morgan fingerprint density at radius 1 is 1.05 bits per heavy atom. The highest BCUT2D eigenvalue weighted by molar-refractivity contribution is 5.95. The number of alkyl halides is 1. The Balaban J connectivity index is 0.000000382. The van der Waals surface area contributed by atoms with Gasteiger partial charge in [-0.05, 0) is 72.5 Å². The van der Waals surface area contributed by atoms with E-state index in [0.29, 0.717) is 12.4 Å². The average molecular weight is 609 g/mol. The van der Waals surface area contributed by atoms with Crippen molar-refractivity contribution in [3.63, 3.8) is 0 Å². The van der Waals surface area contributed by atoms with Gasteiger partial charge in [-0.1, -0.05) is 24.3 Å². The van der Waals surface area contributed by atoms with Crippen LogP contribution in [0.15, 0.2) is 66.7 Å². The van der Waals surface area contributed by atoms with Gasteiger partial charge in [-0.15, -0.1) is 0 Å². The lowest BCUT2D eigenvalue weighted by Crippen LogP contribution is -2.49. The van der Waals surface area contributed by atoms with Crippen LogP contribution in [0, 0.1) is 5.92 Å². The molecule has 2 aliphatic rings. The third-order valence-corrected chi connectivity index (χ3v) is 7.53. The SMILES string of the molecule is CC1=C(c2cccc(O)c2)[C@@H](c2ccc(OCCN3CC(CF)C3)cc2)Oc2ccc(O)cc21.NC(CCC(=O)O)C(=O)O. The third-order valence-electron chi connectivity index (χ3n) is 7.53. The van der Waals surface area contributed by atoms with E-state index in [9.17, 15) is 24.2 Å². The number of hydrogen-bond acceptors (Lipinski definition) is 8. The number of phenols is 2. The molecule has 0 radical (unpaired) electrons. The highest BCUT2D eigenvalue weighted by Crippen LogP contribution is 2.47. The first kappa shape index (κ1) is 32.3. The number of hydrogen-bond donors (Lipinski definition) is 5. The van der Waals surface area contributed by atoms with Crippen LogP contribution >= 0.6 is 0 Å². The highest BCUT2D eigenvalue weighted by Gasteiger charge is 2.30.